The third kappa shape index (κ3) is 0.869. The van der Waals surface area contributed by atoms with Gasteiger partial charge in [0.2, 0.25) is 5.91 Å². The zero-order valence-corrected chi connectivity index (χ0v) is 6.82. The van der Waals surface area contributed by atoms with Gasteiger partial charge in [-0.25, -0.2) is 4.39 Å². The molecule has 1 saturated carbocycles. The molecule has 4 heteroatoms. The quantitative estimate of drug-likeness (QED) is 0.541. The first kappa shape index (κ1) is 7.71. The van der Waals surface area contributed by atoms with Crippen molar-refractivity contribution in [3.8, 4) is 0 Å². The first-order valence-corrected chi connectivity index (χ1v) is 4.01. The Bertz CT molecular complexity index is 254. The van der Waals surface area contributed by atoms with Gasteiger partial charge in [0, 0.05) is 6.42 Å². The van der Waals surface area contributed by atoms with Gasteiger partial charge in [0.05, 0.1) is 5.41 Å². The van der Waals surface area contributed by atoms with Crippen LogP contribution in [-0.2, 0) is 9.59 Å². The molecule has 1 aliphatic heterocycles. The summed E-state index contributed by atoms with van der Waals surface area (Å²) in [5, 5.41) is 2.07. The van der Waals surface area contributed by atoms with Crippen molar-refractivity contribution in [2.45, 2.75) is 31.9 Å². The normalized spacial score (nSPS) is 38.2. The van der Waals surface area contributed by atoms with Gasteiger partial charge in [-0.15, -0.1) is 0 Å². The van der Waals surface area contributed by atoms with Gasteiger partial charge in [0.15, 0.2) is 5.67 Å². The van der Waals surface area contributed by atoms with E-state index in [1.54, 1.807) is 0 Å². The number of carbonyl (C=O) groups is 2. The minimum atomic E-state index is -1.86. The van der Waals surface area contributed by atoms with Crippen LogP contribution in [0, 0.1) is 5.41 Å². The first-order valence-electron chi connectivity index (χ1n) is 4.01. The lowest BCUT2D eigenvalue weighted by molar-refractivity contribution is -0.147. The molecule has 3 nitrogen and oxygen atoms in total. The van der Waals surface area contributed by atoms with Gasteiger partial charge in [-0.1, -0.05) is 0 Å². The molecule has 1 heterocycles. The van der Waals surface area contributed by atoms with E-state index in [-0.39, 0.29) is 12.3 Å². The zero-order chi connectivity index (χ0) is 8.98. The fourth-order valence-corrected chi connectivity index (χ4v) is 1.72. The van der Waals surface area contributed by atoms with Crippen LogP contribution in [0.1, 0.15) is 26.2 Å². The van der Waals surface area contributed by atoms with Crippen LogP contribution in [0.2, 0.25) is 0 Å². The smallest absolute Gasteiger partial charge is 0.263 e. The summed E-state index contributed by atoms with van der Waals surface area (Å²) < 4.78 is 13.4. The summed E-state index contributed by atoms with van der Waals surface area (Å²) in [6.45, 7) is 1.23. The van der Waals surface area contributed by atoms with Crippen molar-refractivity contribution in [1.82, 2.24) is 5.32 Å². The molecule has 1 unspecified atom stereocenters. The Balaban J connectivity index is 2.26. The monoisotopic (exact) mass is 171 g/mol. The number of amides is 2. The number of hydrogen-bond acceptors (Lipinski definition) is 2. The summed E-state index contributed by atoms with van der Waals surface area (Å²) in [5.41, 5.74) is -2.40. The Kier molecular flexibility index (Phi) is 1.20. The molecule has 1 saturated heterocycles. The lowest BCUT2D eigenvalue weighted by Gasteiger charge is -2.29. The SMILES string of the molecule is CC1(F)CC2(CC2)C(=O)NC1=O. The molecular weight excluding hydrogens is 161 g/mol. The molecule has 1 aliphatic carbocycles. The van der Waals surface area contributed by atoms with E-state index >= 15 is 0 Å². The Morgan fingerprint density at radius 3 is 2.42 bits per heavy atom. The molecule has 1 spiro atoms. The van der Waals surface area contributed by atoms with Gasteiger partial charge in [0.1, 0.15) is 0 Å². The number of imide groups is 1. The highest BCUT2D eigenvalue weighted by Gasteiger charge is 2.59. The Morgan fingerprint density at radius 1 is 1.33 bits per heavy atom. The molecule has 0 radical (unpaired) electrons. The maximum atomic E-state index is 13.4. The fraction of sp³-hybridized carbons (Fsp3) is 0.750. The van der Waals surface area contributed by atoms with Gasteiger partial charge in [0.25, 0.3) is 5.91 Å². The van der Waals surface area contributed by atoms with E-state index in [2.05, 4.69) is 5.32 Å². The van der Waals surface area contributed by atoms with E-state index in [1.807, 2.05) is 0 Å². The summed E-state index contributed by atoms with van der Waals surface area (Å²) in [5.74, 6) is -1.08. The molecule has 2 rings (SSSR count). The van der Waals surface area contributed by atoms with E-state index in [4.69, 9.17) is 0 Å². The summed E-state index contributed by atoms with van der Waals surface area (Å²) >= 11 is 0. The third-order valence-corrected chi connectivity index (χ3v) is 2.71. The molecule has 66 valence electrons. The van der Waals surface area contributed by atoms with Crippen molar-refractivity contribution in [2.75, 3.05) is 0 Å². The molecule has 1 atom stereocenters. The van der Waals surface area contributed by atoms with Gasteiger partial charge < -0.3 is 0 Å². The topological polar surface area (TPSA) is 46.2 Å². The van der Waals surface area contributed by atoms with Crippen LogP contribution in [0.4, 0.5) is 4.39 Å². The summed E-state index contributed by atoms with van der Waals surface area (Å²) in [4.78, 5) is 22.1. The molecule has 2 aliphatic rings. The number of halogens is 1. The average molecular weight is 171 g/mol. The summed E-state index contributed by atoms with van der Waals surface area (Å²) in [6, 6.07) is 0. The lowest BCUT2D eigenvalue weighted by Crippen LogP contribution is -2.54. The van der Waals surface area contributed by atoms with Crippen molar-refractivity contribution in [2.24, 2.45) is 5.41 Å². The molecule has 1 N–H and O–H groups in total. The molecular formula is C8H10FNO2. The predicted molar refractivity (Wildman–Crippen MR) is 38.9 cm³/mol. The number of hydrogen-bond donors (Lipinski definition) is 1. The average Bonchev–Trinajstić information content (AvgIpc) is 2.66. The molecule has 0 bridgehead atoms. The van der Waals surface area contributed by atoms with E-state index < -0.39 is 17.0 Å². The van der Waals surface area contributed by atoms with E-state index in [0.717, 1.165) is 0 Å². The highest BCUT2D eigenvalue weighted by atomic mass is 19.1. The van der Waals surface area contributed by atoms with Gasteiger partial charge >= 0.3 is 0 Å². The standard InChI is InChI=1S/C8H10FNO2/c1-7(9)4-8(2-3-8)6(12)10-5(7)11/h2-4H2,1H3,(H,10,11,12). The molecule has 2 fully saturated rings. The van der Waals surface area contributed by atoms with Crippen molar-refractivity contribution in [3.05, 3.63) is 0 Å². The molecule has 0 aromatic heterocycles. The van der Waals surface area contributed by atoms with Crippen LogP contribution < -0.4 is 5.32 Å². The van der Waals surface area contributed by atoms with E-state index in [1.165, 1.54) is 6.92 Å². The second kappa shape index (κ2) is 1.87. The van der Waals surface area contributed by atoms with Crippen molar-refractivity contribution < 1.29 is 14.0 Å². The summed E-state index contributed by atoms with van der Waals surface area (Å²) in [7, 11) is 0. The van der Waals surface area contributed by atoms with Crippen molar-refractivity contribution in [1.29, 1.82) is 0 Å². The van der Waals surface area contributed by atoms with Crippen LogP contribution in [0.25, 0.3) is 0 Å². The van der Waals surface area contributed by atoms with Crippen molar-refractivity contribution >= 4 is 11.8 Å². The Hall–Kier alpha value is -0.930. The highest BCUT2D eigenvalue weighted by molar-refractivity contribution is 6.05. The van der Waals surface area contributed by atoms with E-state index in [9.17, 15) is 14.0 Å². The molecule has 0 aromatic rings. The minimum Gasteiger partial charge on any atom is -0.293 e. The number of rotatable bonds is 0. The molecule has 2 amide bonds. The maximum absolute atomic E-state index is 13.4. The third-order valence-electron chi connectivity index (χ3n) is 2.71. The summed E-state index contributed by atoms with van der Waals surface area (Å²) in [6.07, 6.45) is 1.49. The van der Waals surface area contributed by atoms with Crippen LogP contribution in [-0.4, -0.2) is 17.5 Å². The largest absolute Gasteiger partial charge is 0.293 e. The minimum absolute atomic E-state index is 0.0602. The number of carbonyl (C=O) groups excluding carboxylic acids is 2. The molecule has 0 aromatic carbocycles. The van der Waals surface area contributed by atoms with Crippen LogP contribution in [0.15, 0.2) is 0 Å². The second-order valence-corrected chi connectivity index (χ2v) is 3.94. The maximum Gasteiger partial charge on any atom is 0.263 e. The van der Waals surface area contributed by atoms with Crippen LogP contribution in [0.3, 0.4) is 0 Å². The zero-order valence-electron chi connectivity index (χ0n) is 6.82. The second-order valence-electron chi connectivity index (χ2n) is 3.94. The predicted octanol–water partition coefficient (Wildman–Crippen LogP) is 0.541. The Morgan fingerprint density at radius 2 is 1.92 bits per heavy atom. The van der Waals surface area contributed by atoms with E-state index in [0.29, 0.717) is 12.8 Å². The Labute approximate surface area is 69.3 Å². The van der Waals surface area contributed by atoms with Gasteiger partial charge in [-0.05, 0) is 19.8 Å². The van der Waals surface area contributed by atoms with Gasteiger partial charge in [-0.3, -0.25) is 14.9 Å². The van der Waals surface area contributed by atoms with Crippen molar-refractivity contribution in [3.63, 3.8) is 0 Å². The van der Waals surface area contributed by atoms with Crippen LogP contribution in [0.5, 0.6) is 0 Å². The van der Waals surface area contributed by atoms with Gasteiger partial charge in [-0.2, -0.15) is 0 Å². The lowest BCUT2D eigenvalue weighted by atomic mass is 9.85. The number of nitrogens with one attached hydrogen (secondary N) is 1. The first-order chi connectivity index (χ1) is 5.46. The molecule has 12 heavy (non-hydrogen) atoms. The van der Waals surface area contributed by atoms with Crippen LogP contribution >= 0.6 is 0 Å². The fourth-order valence-electron chi connectivity index (χ4n) is 1.72. The highest BCUT2D eigenvalue weighted by Crippen LogP contribution is 2.54. The number of piperidine rings is 1. The number of alkyl halides is 1.